The summed E-state index contributed by atoms with van der Waals surface area (Å²) in [5.41, 5.74) is -1.23. The van der Waals surface area contributed by atoms with Crippen LogP contribution in [-0.4, -0.2) is 18.4 Å². The van der Waals surface area contributed by atoms with Crippen molar-refractivity contribution in [1.29, 1.82) is 5.26 Å². The molecule has 0 saturated carbocycles. The maximum atomic E-state index is 12.7. The number of hydrogen-bond acceptors (Lipinski definition) is 5. The number of nitrogens with zero attached hydrogens (tertiary/aromatic N) is 2. The molecule has 0 aliphatic rings. The van der Waals surface area contributed by atoms with Crippen LogP contribution in [0.25, 0.3) is 0 Å². The van der Waals surface area contributed by atoms with Crippen molar-refractivity contribution in [2.24, 2.45) is 0 Å². The van der Waals surface area contributed by atoms with Gasteiger partial charge in [0.15, 0.2) is 17.8 Å². The van der Waals surface area contributed by atoms with E-state index in [2.05, 4.69) is 4.98 Å². The van der Waals surface area contributed by atoms with Crippen LogP contribution in [0, 0.1) is 11.3 Å². The normalized spacial score (nSPS) is 10.7. The van der Waals surface area contributed by atoms with Crippen molar-refractivity contribution in [3.05, 3.63) is 47.2 Å². The predicted octanol–water partition coefficient (Wildman–Crippen LogP) is 3.59. The largest absolute Gasteiger partial charge is 0.492 e. The number of carbonyl (C=O) groups is 1. The van der Waals surface area contributed by atoms with Gasteiger partial charge < -0.3 is 9.47 Å². The van der Waals surface area contributed by atoms with Crippen LogP contribution in [0.3, 0.4) is 0 Å². The van der Waals surface area contributed by atoms with E-state index in [1.807, 2.05) is 0 Å². The van der Waals surface area contributed by atoms with E-state index in [-0.39, 0.29) is 22.6 Å². The Kier molecular flexibility index (Phi) is 4.50. The molecule has 2 rings (SSSR count). The molecule has 0 unspecified atom stereocenters. The summed E-state index contributed by atoms with van der Waals surface area (Å²) in [7, 11) is 1.28. The third-order valence-electron chi connectivity index (χ3n) is 2.82. The molecule has 1 heterocycles. The average molecular weight is 322 g/mol. The number of hydrogen-bond donors (Lipinski definition) is 0. The number of nitriles is 1. The molecule has 8 heteroatoms. The minimum absolute atomic E-state index is 0.0274. The zero-order valence-electron chi connectivity index (χ0n) is 11.7. The van der Waals surface area contributed by atoms with Crippen LogP contribution in [0.2, 0.25) is 0 Å². The fraction of sp³-hybridized carbons (Fsp3) is 0.133. The van der Waals surface area contributed by atoms with Gasteiger partial charge in [-0.1, -0.05) is 6.07 Å². The number of para-hydroxylation sites is 1. The molecule has 0 spiro atoms. The number of halogens is 3. The number of methoxy groups -OCH3 is 1. The van der Waals surface area contributed by atoms with Crippen LogP contribution in [0.5, 0.6) is 17.4 Å². The van der Waals surface area contributed by atoms with Gasteiger partial charge in [-0.05, 0) is 24.3 Å². The molecular formula is C15H9F3N2O3. The third kappa shape index (κ3) is 3.40. The maximum Gasteiger partial charge on any atom is 0.433 e. The zero-order valence-corrected chi connectivity index (χ0v) is 11.7. The summed E-state index contributed by atoms with van der Waals surface area (Å²) in [6.07, 6.45) is -4.17. The fourth-order valence-corrected chi connectivity index (χ4v) is 1.79. The second-order valence-corrected chi connectivity index (χ2v) is 4.26. The Balaban J connectivity index is 2.52. The zero-order chi connectivity index (χ0) is 17.0. The van der Waals surface area contributed by atoms with Crippen molar-refractivity contribution < 1.29 is 27.4 Å². The Bertz CT molecular complexity index is 783. The molecule has 0 saturated heterocycles. The van der Waals surface area contributed by atoms with Crippen molar-refractivity contribution in [1.82, 2.24) is 4.98 Å². The lowest BCUT2D eigenvalue weighted by atomic mass is 10.2. The molecule has 1 aromatic heterocycles. The lowest BCUT2D eigenvalue weighted by Gasteiger charge is -2.13. The summed E-state index contributed by atoms with van der Waals surface area (Å²) >= 11 is 0. The van der Waals surface area contributed by atoms with Crippen LogP contribution in [0.15, 0.2) is 30.3 Å². The predicted molar refractivity (Wildman–Crippen MR) is 72.4 cm³/mol. The van der Waals surface area contributed by atoms with E-state index in [0.717, 1.165) is 6.07 Å². The number of ether oxygens (including phenoxy) is 2. The minimum Gasteiger partial charge on any atom is -0.492 e. The van der Waals surface area contributed by atoms with Crippen LogP contribution < -0.4 is 9.47 Å². The number of alkyl halides is 3. The van der Waals surface area contributed by atoms with E-state index < -0.39 is 17.8 Å². The van der Waals surface area contributed by atoms with Gasteiger partial charge in [0.05, 0.1) is 12.7 Å². The summed E-state index contributed by atoms with van der Waals surface area (Å²) in [6, 6.07) is 7.63. The van der Waals surface area contributed by atoms with Gasteiger partial charge >= 0.3 is 6.18 Å². The van der Waals surface area contributed by atoms with E-state index in [9.17, 15) is 18.0 Å². The Morgan fingerprint density at radius 3 is 2.57 bits per heavy atom. The van der Waals surface area contributed by atoms with Gasteiger partial charge in [0.25, 0.3) is 0 Å². The molecule has 0 N–H and O–H groups in total. The molecule has 0 bridgehead atoms. The SMILES string of the molecule is COc1c(C=O)cccc1Oc1nc(C(F)(F)F)ccc1C#N. The maximum absolute atomic E-state index is 12.7. The van der Waals surface area contributed by atoms with Crippen molar-refractivity contribution in [2.45, 2.75) is 6.18 Å². The van der Waals surface area contributed by atoms with Gasteiger partial charge in [-0.15, -0.1) is 0 Å². The second kappa shape index (κ2) is 6.36. The Labute approximate surface area is 128 Å². The molecule has 0 amide bonds. The molecular weight excluding hydrogens is 313 g/mol. The first kappa shape index (κ1) is 16.3. The first-order chi connectivity index (χ1) is 10.9. The number of pyridine rings is 1. The highest BCUT2D eigenvalue weighted by atomic mass is 19.4. The van der Waals surface area contributed by atoms with Gasteiger partial charge in [0, 0.05) is 0 Å². The lowest BCUT2D eigenvalue weighted by molar-refractivity contribution is -0.141. The smallest absolute Gasteiger partial charge is 0.433 e. The van der Waals surface area contributed by atoms with Crippen LogP contribution in [0.4, 0.5) is 13.2 Å². The van der Waals surface area contributed by atoms with E-state index in [0.29, 0.717) is 12.4 Å². The summed E-state index contributed by atoms with van der Waals surface area (Å²) in [5.74, 6) is -0.519. The number of rotatable bonds is 4. The summed E-state index contributed by atoms with van der Waals surface area (Å²) in [5, 5.41) is 8.98. The highest BCUT2D eigenvalue weighted by Crippen LogP contribution is 2.36. The van der Waals surface area contributed by atoms with Gasteiger partial charge in [0.2, 0.25) is 5.88 Å². The molecule has 118 valence electrons. The molecule has 1 aromatic carbocycles. The average Bonchev–Trinajstić information content (AvgIpc) is 2.53. The number of aldehydes is 1. The standard InChI is InChI=1S/C15H9F3N2O3/c1-22-13-10(8-21)3-2-4-11(13)23-14-9(7-19)5-6-12(20-14)15(16,17)18/h2-6,8H,1H3. The topological polar surface area (TPSA) is 72.2 Å². The van der Waals surface area contributed by atoms with E-state index in [1.54, 1.807) is 6.07 Å². The van der Waals surface area contributed by atoms with Gasteiger partial charge in [-0.2, -0.15) is 18.4 Å². The Morgan fingerprint density at radius 2 is 2.00 bits per heavy atom. The molecule has 0 fully saturated rings. The van der Waals surface area contributed by atoms with E-state index in [1.165, 1.54) is 25.3 Å². The summed E-state index contributed by atoms with van der Waals surface area (Å²) < 4.78 is 48.5. The van der Waals surface area contributed by atoms with Crippen molar-refractivity contribution in [2.75, 3.05) is 7.11 Å². The van der Waals surface area contributed by atoms with Gasteiger partial charge in [-0.25, -0.2) is 4.98 Å². The molecule has 0 aliphatic heterocycles. The monoisotopic (exact) mass is 322 g/mol. The Hall–Kier alpha value is -3.08. The van der Waals surface area contributed by atoms with Crippen molar-refractivity contribution >= 4 is 6.29 Å². The first-order valence-corrected chi connectivity index (χ1v) is 6.19. The van der Waals surface area contributed by atoms with E-state index in [4.69, 9.17) is 14.7 Å². The quantitative estimate of drug-likeness (QED) is 0.804. The third-order valence-corrected chi connectivity index (χ3v) is 2.82. The second-order valence-electron chi connectivity index (χ2n) is 4.26. The lowest BCUT2D eigenvalue weighted by Crippen LogP contribution is -2.09. The van der Waals surface area contributed by atoms with Crippen molar-refractivity contribution in [3.8, 4) is 23.4 Å². The van der Waals surface area contributed by atoms with E-state index >= 15 is 0 Å². The first-order valence-electron chi connectivity index (χ1n) is 6.19. The number of benzene rings is 1. The minimum atomic E-state index is -4.68. The number of aromatic nitrogens is 1. The molecule has 0 atom stereocenters. The molecule has 0 radical (unpaired) electrons. The molecule has 23 heavy (non-hydrogen) atoms. The highest BCUT2D eigenvalue weighted by Gasteiger charge is 2.33. The van der Waals surface area contributed by atoms with Crippen molar-refractivity contribution in [3.63, 3.8) is 0 Å². The van der Waals surface area contributed by atoms with Crippen LogP contribution >= 0.6 is 0 Å². The fourth-order valence-electron chi connectivity index (χ4n) is 1.79. The highest BCUT2D eigenvalue weighted by molar-refractivity contribution is 5.81. The van der Waals surface area contributed by atoms with Gasteiger partial charge in [0.1, 0.15) is 17.3 Å². The number of carbonyl (C=O) groups excluding carboxylic acids is 1. The Morgan fingerprint density at radius 1 is 1.26 bits per heavy atom. The summed E-state index contributed by atoms with van der Waals surface area (Å²) in [6.45, 7) is 0. The molecule has 5 nitrogen and oxygen atoms in total. The molecule has 2 aromatic rings. The summed E-state index contributed by atoms with van der Waals surface area (Å²) in [4.78, 5) is 14.3. The van der Waals surface area contributed by atoms with Crippen LogP contribution in [0.1, 0.15) is 21.6 Å². The molecule has 0 aliphatic carbocycles. The van der Waals surface area contributed by atoms with Crippen LogP contribution in [-0.2, 0) is 6.18 Å². The van der Waals surface area contributed by atoms with Gasteiger partial charge in [-0.3, -0.25) is 4.79 Å².